The molecule has 2 atom stereocenters. The van der Waals surface area contributed by atoms with Crippen LogP contribution >= 0.6 is 0 Å². The summed E-state index contributed by atoms with van der Waals surface area (Å²) in [6, 6.07) is 6.63. The number of hydrogen-bond donors (Lipinski definition) is 1. The van der Waals surface area contributed by atoms with E-state index in [1.54, 1.807) is 14.0 Å². The average Bonchev–Trinajstić information content (AvgIpc) is 2.95. The summed E-state index contributed by atoms with van der Waals surface area (Å²) in [7, 11) is 1.58. The molecule has 108 valence electrons. The maximum Gasteiger partial charge on any atom is 0.326 e. The molecule has 1 fully saturated rings. The van der Waals surface area contributed by atoms with E-state index in [9.17, 15) is 9.59 Å². The molecule has 0 unspecified atom stereocenters. The van der Waals surface area contributed by atoms with Crippen LogP contribution in [-0.2, 0) is 9.59 Å². The molecule has 1 saturated heterocycles. The largest absolute Gasteiger partial charge is 0.497 e. The molecule has 1 aromatic rings. The fraction of sp³-hybridized carbons (Fsp3) is 0.467. The molecule has 1 amide bonds. The van der Waals surface area contributed by atoms with Crippen LogP contribution in [0.2, 0.25) is 0 Å². The van der Waals surface area contributed by atoms with Gasteiger partial charge in [-0.05, 0) is 37.5 Å². The third-order valence-electron chi connectivity index (χ3n) is 3.79. The summed E-state index contributed by atoms with van der Waals surface area (Å²) in [4.78, 5) is 25.1. The number of ether oxygens (including phenoxy) is 1. The predicted octanol–water partition coefficient (Wildman–Crippen LogP) is 1.87. The molecule has 1 aliphatic heterocycles. The summed E-state index contributed by atoms with van der Waals surface area (Å²) in [5.41, 5.74) is 0.838. The molecule has 5 heteroatoms. The standard InChI is InChI=1S/C15H19NO4/c1-10(11-5-3-6-12(9-11)20-2)14(17)16-8-4-7-13(16)15(18)19/h3,5-6,9-10,13H,4,7-8H2,1-2H3,(H,18,19)/t10-,13+/m0/s1. The van der Waals surface area contributed by atoms with E-state index in [0.29, 0.717) is 18.7 Å². The van der Waals surface area contributed by atoms with Crippen LogP contribution in [0.15, 0.2) is 24.3 Å². The molecule has 5 nitrogen and oxygen atoms in total. The number of carbonyl (C=O) groups is 2. The second-order valence-electron chi connectivity index (χ2n) is 5.03. The first-order chi connectivity index (χ1) is 9.54. The van der Waals surface area contributed by atoms with E-state index in [0.717, 1.165) is 12.0 Å². The fourth-order valence-electron chi connectivity index (χ4n) is 2.59. The monoisotopic (exact) mass is 277 g/mol. The Labute approximate surface area is 118 Å². The highest BCUT2D eigenvalue weighted by molar-refractivity contribution is 5.88. The topological polar surface area (TPSA) is 66.8 Å². The molecule has 0 spiro atoms. The lowest BCUT2D eigenvalue weighted by Crippen LogP contribution is -2.42. The first-order valence-corrected chi connectivity index (χ1v) is 6.72. The average molecular weight is 277 g/mol. The van der Waals surface area contributed by atoms with Crippen LogP contribution in [0.5, 0.6) is 5.75 Å². The zero-order chi connectivity index (χ0) is 14.7. The highest BCUT2D eigenvalue weighted by Gasteiger charge is 2.36. The van der Waals surface area contributed by atoms with Crippen molar-refractivity contribution in [2.24, 2.45) is 0 Å². The number of likely N-dealkylation sites (tertiary alicyclic amines) is 1. The molecular weight excluding hydrogens is 258 g/mol. The molecule has 0 saturated carbocycles. The van der Waals surface area contributed by atoms with Gasteiger partial charge in [-0.25, -0.2) is 4.79 Å². The van der Waals surface area contributed by atoms with Gasteiger partial charge in [0.1, 0.15) is 11.8 Å². The van der Waals surface area contributed by atoms with Gasteiger partial charge in [0.2, 0.25) is 5.91 Å². The number of carboxylic acids is 1. The molecule has 2 rings (SSSR count). The maximum absolute atomic E-state index is 12.5. The van der Waals surface area contributed by atoms with Crippen molar-refractivity contribution in [2.75, 3.05) is 13.7 Å². The summed E-state index contributed by atoms with van der Waals surface area (Å²) in [5.74, 6) is -0.736. The lowest BCUT2D eigenvalue weighted by molar-refractivity contribution is -0.148. The van der Waals surface area contributed by atoms with Crippen molar-refractivity contribution in [3.63, 3.8) is 0 Å². The van der Waals surface area contributed by atoms with Crippen molar-refractivity contribution in [3.05, 3.63) is 29.8 Å². The van der Waals surface area contributed by atoms with Crippen molar-refractivity contribution in [1.29, 1.82) is 0 Å². The van der Waals surface area contributed by atoms with E-state index in [-0.39, 0.29) is 11.8 Å². The van der Waals surface area contributed by atoms with Crippen LogP contribution in [-0.4, -0.2) is 41.6 Å². The Kier molecular flexibility index (Phi) is 4.27. The van der Waals surface area contributed by atoms with Gasteiger partial charge in [0.25, 0.3) is 0 Å². The van der Waals surface area contributed by atoms with Gasteiger partial charge in [0.15, 0.2) is 0 Å². The second-order valence-corrected chi connectivity index (χ2v) is 5.03. The van der Waals surface area contributed by atoms with E-state index in [4.69, 9.17) is 9.84 Å². The van der Waals surface area contributed by atoms with E-state index in [2.05, 4.69) is 0 Å². The van der Waals surface area contributed by atoms with Crippen LogP contribution in [0.25, 0.3) is 0 Å². The van der Waals surface area contributed by atoms with Gasteiger partial charge < -0.3 is 14.7 Å². The van der Waals surface area contributed by atoms with Gasteiger partial charge in [-0.3, -0.25) is 4.79 Å². The van der Waals surface area contributed by atoms with Crippen LogP contribution in [0.1, 0.15) is 31.2 Å². The van der Waals surface area contributed by atoms with Gasteiger partial charge in [0, 0.05) is 6.54 Å². The molecule has 1 N–H and O–H groups in total. The highest BCUT2D eigenvalue weighted by Crippen LogP contribution is 2.26. The smallest absolute Gasteiger partial charge is 0.326 e. The van der Waals surface area contributed by atoms with Crippen LogP contribution in [0.3, 0.4) is 0 Å². The highest BCUT2D eigenvalue weighted by atomic mass is 16.5. The first kappa shape index (κ1) is 14.4. The Hall–Kier alpha value is -2.04. The van der Waals surface area contributed by atoms with Crippen molar-refractivity contribution in [2.45, 2.75) is 31.7 Å². The van der Waals surface area contributed by atoms with Gasteiger partial charge in [-0.2, -0.15) is 0 Å². The number of rotatable bonds is 4. The molecule has 20 heavy (non-hydrogen) atoms. The van der Waals surface area contributed by atoms with Gasteiger partial charge in [0.05, 0.1) is 13.0 Å². The number of carbonyl (C=O) groups excluding carboxylic acids is 1. The third kappa shape index (κ3) is 2.76. The number of benzene rings is 1. The molecule has 0 aromatic heterocycles. The van der Waals surface area contributed by atoms with Crippen LogP contribution < -0.4 is 4.74 Å². The lowest BCUT2D eigenvalue weighted by atomic mass is 9.99. The fourth-order valence-corrected chi connectivity index (χ4v) is 2.59. The second kappa shape index (κ2) is 5.94. The normalized spacial score (nSPS) is 19.7. The first-order valence-electron chi connectivity index (χ1n) is 6.72. The summed E-state index contributed by atoms with van der Waals surface area (Å²) >= 11 is 0. The van der Waals surface area contributed by atoms with E-state index in [1.165, 1.54) is 4.90 Å². The minimum Gasteiger partial charge on any atom is -0.497 e. The Balaban J connectivity index is 2.17. The number of carboxylic acid groups (broad SMARTS) is 1. The summed E-state index contributed by atoms with van der Waals surface area (Å²) in [6.07, 6.45) is 1.28. The quantitative estimate of drug-likeness (QED) is 0.912. The third-order valence-corrected chi connectivity index (χ3v) is 3.79. The van der Waals surface area contributed by atoms with Crippen LogP contribution in [0, 0.1) is 0 Å². The Morgan fingerprint density at radius 2 is 2.20 bits per heavy atom. The summed E-state index contributed by atoms with van der Waals surface area (Å²) < 4.78 is 5.15. The number of nitrogens with zero attached hydrogens (tertiary/aromatic N) is 1. The predicted molar refractivity (Wildman–Crippen MR) is 73.8 cm³/mol. The van der Waals surface area contributed by atoms with Crippen molar-refractivity contribution in [1.82, 2.24) is 4.90 Å². The molecule has 1 aromatic carbocycles. The molecule has 0 radical (unpaired) electrons. The van der Waals surface area contributed by atoms with Gasteiger partial charge >= 0.3 is 5.97 Å². The molecular formula is C15H19NO4. The number of hydrogen-bond acceptors (Lipinski definition) is 3. The molecule has 0 aliphatic carbocycles. The minimum absolute atomic E-state index is 0.136. The minimum atomic E-state index is -0.923. The van der Waals surface area contributed by atoms with E-state index in [1.807, 2.05) is 24.3 Å². The maximum atomic E-state index is 12.5. The zero-order valence-corrected chi connectivity index (χ0v) is 11.7. The van der Waals surface area contributed by atoms with Crippen molar-refractivity contribution < 1.29 is 19.4 Å². The Bertz CT molecular complexity index is 514. The SMILES string of the molecule is COc1cccc([C@H](C)C(=O)N2CCC[C@@H]2C(=O)O)c1. The Morgan fingerprint density at radius 1 is 1.45 bits per heavy atom. The molecule has 1 heterocycles. The van der Waals surface area contributed by atoms with Crippen molar-refractivity contribution >= 4 is 11.9 Å². The van der Waals surface area contributed by atoms with E-state index < -0.39 is 12.0 Å². The summed E-state index contributed by atoms with van der Waals surface area (Å²) in [5, 5.41) is 9.15. The van der Waals surface area contributed by atoms with Crippen molar-refractivity contribution in [3.8, 4) is 5.75 Å². The van der Waals surface area contributed by atoms with E-state index >= 15 is 0 Å². The van der Waals surface area contributed by atoms with Crippen LogP contribution in [0.4, 0.5) is 0 Å². The zero-order valence-electron chi connectivity index (χ0n) is 11.7. The Morgan fingerprint density at radius 3 is 2.85 bits per heavy atom. The molecule has 0 bridgehead atoms. The lowest BCUT2D eigenvalue weighted by Gasteiger charge is -2.25. The summed E-state index contributed by atoms with van der Waals surface area (Å²) in [6.45, 7) is 2.32. The van der Waals surface area contributed by atoms with Gasteiger partial charge in [-0.1, -0.05) is 12.1 Å². The number of aliphatic carboxylic acids is 1. The number of methoxy groups -OCH3 is 1. The van der Waals surface area contributed by atoms with Gasteiger partial charge in [-0.15, -0.1) is 0 Å². The number of amides is 1. The molecule has 1 aliphatic rings.